The van der Waals surface area contributed by atoms with E-state index in [0.29, 0.717) is 10.6 Å². The zero-order valence-electron chi connectivity index (χ0n) is 15.4. The summed E-state index contributed by atoms with van der Waals surface area (Å²) in [6.07, 6.45) is 0. The van der Waals surface area contributed by atoms with Gasteiger partial charge in [0.15, 0.2) is 0 Å². The summed E-state index contributed by atoms with van der Waals surface area (Å²) in [6, 6.07) is 17.8. The molecule has 1 aliphatic heterocycles. The van der Waals surface area contributed by atoms with Gasteiger partial charge >= 0.3 is 6.03 Å². The van der Waals surface area contributed by atoms with Gasteiger partial charge in [0.25, 0.3) is 0 Å². The molecule has 0 saturated carbocycles. The first-order valence-corrected chi connectivity index (χ1v) is 10.00. The zero-order valence-corrected chi connectivity index (χ0v) is 17.0. The lowest BCUT2D eigenvalue weighted by Crippen LogP contribution is -2.43. The second-order valence-corrected chi connectivity index (χ2v) is 8.04. The van der Waals surface area contributed by atoms with Crippen LogP contribution in [0.2, 0.25) is 5.02 Å². The second kappa shape index (κ2) is 7.49. The lowest BCUT2D eigenvalue weighted by molar-refractivity contribution is 0.254. The molecule has 3 aromatic carbocycles. The maximum atomic E-state index is 14.4. The second-order valence-electron chi connectivity index (χ2n) is 6.64. The number of amides is 2. The summed E-state index contributed by atoms with van der Waals surface area (Å²) in [5, 5.41) is 0.307. The van der Waals surface area contributed by atoms with Crippen LogP contribution in [0.5, 0.6) is 0 Å². The highest BCUT2D eigenvalue weighted by Crippen LogP contribution is 2.43. The van der Waals surface area contributed by atoms with Crippen molar-refractivity contribution in [2.75, 3.05) is 9.21 Å². The molecule has 3 aromatic rings. The minimum Gasteiger partial charge on any atom is -0.288 e. The standard InChI is InChI=1S/C22H18ClFN2OS/c1-14-7-5-11-19(15(14)2)26-22(27)25(20-10-3-4-12-21(20)28-26)13-16-17(23)8-6-9-18(16)24/h3-12H,13H2,1-2H3. The maximum Gasteiger partial charge on any atom is 0.339 e. The molecule has 6 heteroatoms. The van der Waals surface area contributed by atoms with Crippen LogP contribution in [-0.4, -0.2) is 6.03 Å². The predicted molar refractivity (Wildman–Crippen MR) is 114 cm³/mol. The molecule has 0 bridgehead atoms. The van der Waals surface area contributed by atoms with Crippen molar-refractivity contribution in [3.63, 3.8) is 0 Å². The summed E-state index contributed by atoms with van der Waals surface area (Å²) in [4.78, 5) is 16.0. The van der Waals surface area contributed by atoms with Gasteiger partial charge in [-0.2, -0.15) is 0 Å². The topological polar surface area (TPSA) is 23.6 Å². The van der Waals surface area contributed by atoms with Crippen LogP contribution in [0.1, 0.15) is 16.7 Å². The van der Waals surface area contributed by atoms with Gasteiger partial charge in [0.1, 0.15) is 5.82 Å². The van der Waals surface area contributed by atoms with Crippen molar-refractivity contribution in [1.82, 2.24) is 0 Å². The SMILES string of the molecule is Cc1cccc(N2Sc3ccccc3N(Cc3c(F)cccc3Cl)C2=O)c1C. The summed E-state index contributed by atoms with van der Waals surface area (Å²) < 4.78 is 16.1. The number of carbonyl (C=O) groups is 1. The molecule has 3 nitrogen and oxygen atoms in total. The van der Waals surface area contributed by atoms with E-state index < -0.39 is 5.82 Å². The van der Waals surface area contributed by atoms with Crippen LogP contribution < -0.4 is 9.21 Å². The van der Waals surface area contributed by atoms with E-state index in [1.807, 2.05) is 56.3 Å². The number of urea groups is 1. The molecule has 0 N–H and O–H groups in total. The van der Waals surface area contributed by atoms with Gasteiger partial charge in [0, 0.05) is 10.6 Å². The Morgan fingerprint density at radius 3 is 2.46 bits per heavy atom. The lowest BCUT2D eigenvalue weighted by Gasteiger charge is -2.36. The Morgan fingerprint density at radius 1 is 0.964 bits per heavy atom. The van der Waals surface area contributed by atoms with E-state index in [2.05, 4.69) is 0 Å². The van der Waals surface area contributed by atoms with E-state index in [9.17, 15) is 9.18 Å². The van der Waals surface area contributed by atoms with E-state index in [0.717, 1.165) is 27.4 Å². The summed E-state index contributed by atoms with van der Waals surface area (Å²) >= 11 is 7.61. The molecule has 0 spiro atoms. The number of hydrogen-bond acceptors (Lipinski definition) is 2. The number of hydrogen-bond donors (Lipinski definition) is 0. The Hall–Kier alpha value is -2.50. The molecule has 28 heavy (non-hydrogen) atoms. The van der Waals surface area contributed by atoms with Crippen LogP contribution in [-0.2, 0) is 6.54 Å². The molecule has 0 aromatic heterocycles. The highest BCUT2D eigenvalue weighted by Gasteiger charge is 2.34. The zero-order chi connectivity index (χ0) is 19.8. The third-order valence-electron chi connectivity index (χ3n) is 4.92. The Kier molecular flexibility index (Phi) is 5.04. The van der Waals surface area contributed by atoms with Gasteiger partial charge in [0.05, 0.1) is 22.8 Å². The van der Waals surface area contributed by atoms with Crippen molar-refractivity contribution in [2.24, 2.45) is 0 Å². The minimum absolute atomic E-state index is 0.0588. The van der Waals surface area contributed by atoms with Crippen molar-refractivity contribution in [3.8, 4) is 0 Å². The largest absolute Gasteiger partial charge is 0.339 e. The summed E-state index contributed by atoms with van der Waals surface area (Å²) in [7, 11) is 0. The van der Waals surface area contributed by atoms with Crippen LogP contribution in [0.4, 0.5) is 20.6 Å². The Balaban J connectivity index is 1.81. The molecule has 0 aliphatic carbocycles. The molecule has 142 valence electrons. The highest BCUT2D eigenvalue weighted by atomic mass is 35.5. The van der Waals surface area contributed by atoms with E-state index in [-0.39, 0.29) is 12.6 Å². The number of para-hydroxylation sites is 1. The fraction of sp³-hybridized carbons (Fsp3) is 0.136. The number of anilines is 2. The number of rotatable bonds is 3. The van der Waals surface area contributed by atoms with E-state index in [1.54, 1.807) is 21.3 Å². The van der Waals surface area contributed by atoms with Crippen molar-refractivity contribution < 1.29 is 9.18 Å². The quantitative estimate of drug-likeness (QED) is 0.444. The number of aryl methyl sites for hydroxylation is 1. The van der Waals surface area contributed by atoms with Crippen LogP contribution in [0.3, 0.4) is 0 Å². The van der Waals surface area contributed by atoms with Gasteiger partial charge in [-0.1, -0.05) is 41.9 Å². The van der Waals surface area contributed by atoms with E-state index in [1.165, 1.54) is 18.0 Å². The molecule has 0 radical (unpaired) electrons. The molecule has 0 saturated heterocycles. The molecule has 2 amide bonds. The fourth-order valence-corrected chi connectivity index (χ4v) is 4.51. The number of nitrogens with zero attached hydrogens (tertiary/aromatic N) is 2. The molecule has 0 unspecified atom stereocenters. The third kappa shape index (κ3) is 3.25. The first-order chi connectivity index (χ1) is 13.5. The van der Waals surface area contributed by atoms with Gasteiger partial charge in [0.2, 0.25) is 0 Å². The lowest BCUT2D eigenvalue weighted by atomic mass is 10.1. The highest BCUT2D eigenvalue weighted by molar-refractivity contribution is 8.01. The van der Waals surface area contributed by atoms with E-state index >= 15 is 0 Å². The van der Waals surface area contributed by atoms with Crippen molar-refractivity contribution >= 4 is 41.0 Å². The molecule has 0 fully saturated rings. The molecule has 1 heterocycles. The normalized spacial score (nSPS) is 13.6. The molecule has 4 rings (SSSR count). The first kappa shape index (κ1) is 18.8. The average molecular weight is 413 g/mol. The van der Waals surface area contributed by atoms with Crippen LogP contribution in [0.15, 0.2) is 65.6 Å². The average Bonchev–Trinajstić information content (AvgIpc) is 2.68. The van der Waals surface area contributed by atoms with Gasteiger partial charge in [-0.3, -0.25) is 4.90 Å². The summed E-state index contributed by atoms with van der Waals surface area (Å²) in [6.45, 7) is 4.07. The minimum atomic E-state index is -0.422. The van der Waals surface area contributed by atoms with Crippen LogP contribution >= 0.6 is 23.5 Å². The number of carbonyl (C=O) groups excluding carboxylic acids is 1. The first-order valence-electron chi connectivity index (χ1n) is 8.85. The Labute approximate surface area is 172 Å². The predicted octanol–water partition coefficient (Wildman–Crippen LogP) is 6.75. The molecular weight excluding hydrogens is 395 g/mol. The van der Waals surface area contributed by atoms with Crippen molar-refractivity contribution in [3.05, 3.63) is 88.2 Å². The van der Waals surface area contributed by atoms with Crippen molar-refractivity contribution in [2.45, 2.75) is 25.3 Å². The van der Waals surface area contributed by atoms with Crippen molar-refractivity contribution in [1.29, 1.82) is 0 Å². The Morgan fingerprint density at radius 2 is 1.68 bits per heavy atom. The smallest absolute Gasteiger partial charge is 0.288 e. The van der Waals surface area contributed by atoms with Gasteiger partial charge < -0.3 is 0 Å². The van der Waals surface area contributed by atoms with Crippen LogP contribution in [0.25, 0.3) is 0 Å². The summed E-state index contributed by atoms with van der Waals surface area (Å²) in [5.41, 5.74) is 4.02. The van der Waals surface area contributed by atoms with Crippen LogP contribution in [0, 0.1) is 19.7 Å². The number of fused-ring (bicyclic) bond motifs is 1. The molecule has 0 atom stereocenters. The number of halogens is 2. The maximum absolute atomic E-state index is 14.4. The van der Waals surface area contributed by atoms with Gasteiger partial charge in [-0.25, -0.2) is 13.5 Å². The molecular formula is C22H18ClFN2OS. The monoisotopic (exact) mass is 412 g/mol. The third-order valence-corrected chi connectivity index (χ3v) is 6.35. The fourth-order valence-electron chi connectivity index (χ4n) is 3.21. The molecule has 1 aliphatic rings. The van der Waals surface area contributed by atoms with Gasteiger partial charge in [-0.15, -0.1) is 0 Å². The van der Waals surface area contributed by atoms with E-state index in [4.69, 9.17) is 11.6 Å². The van der Waals surface area contributed by atoms with Gasteiger partial charge in [-0.05, 0) is 67.3 Å². The number of benzene rings is 3. The summed E-state index contributed by atoms with van der Waals surface area (Å²) in [5.74, 6) is -0.422. The Bertz CT molecular complexity index is 1050.